The van der Waals surface area contributed by atoms with Gasteiger partial charge in [-0.3, -0.25) is 4.90 Å². The highest BCUT2D eigenvalue weighted by atomic mass is 32.2. The summed E-state index contributed by atoms with van der Waals surface area (Å²) >= 11 is 0. The minimum Gasteiger partial charge on any atom is -0.374 e. The topological polar surface area (TPSA) is 84.7 Å². The first kappa shape index (κ1) is 12.9. The van der Waals surface area contributed by atoms with Crippen LogP contribution < -0.4 is 10.5 Å². The van der Waals surface area contributed by atoms with Gasteiger partial charge in [-0.2, -0.15) is 0 Å². The van der Waals surface area contributed by atoms with Crippen molar-refractivity contribution in [3.63, 3.8) is 0 Å². The molecule has 15 heavy (non-hydrogen) atoms. The van der Waals surface area contributed by atoms with E-state index in [4.69, 9.17) is 9.88 Å². The summed E-state index contributed by atoms with van der Waals surface area (Å²) in [6.45, 7) is 3.46. The van der Waals surface area contributed by atoms with E-state index in [2.05, 4.69) is 10.2 Å². The van der Waals surface area contributed by atoms with E-state index in [1.54, 1.807) is 0 Å². The van der Waals surface area contributed by atoms with E-state index in [0.29, 0.717) is 13.2 Å². The molecule has 0 aromatic heterocycles. The van der Waals surface area contributed by atoms with Gasteiger partial charge in [0.2, 0.25) is 10.0 Å². The molecule has 1 unspecified atom stereocenters. The molecule has 1 heterocycles. The zero-order valence-corrected chi connectivity index (χ0v) is 9.79. The number of likely N-dealkylation sites (N-methyl/N-ethyl adjacent to an activating group) is 1. The van der Waals surface area contributed by atoms with Gasteiger partial charge >= 0.3 is 0 Å². The second-order valence-corrected chi connectivity index (χ2v) is 5.45. The minimum atomic E-state index is -3.35. The van der Waals surface area contributed by atoms with Crippen molar-refractivity contribution in [2.45, 2.75) is 6.10 Å². The van der Waals surface area contributed by atoms with Gasteiger partial charge in [0, 0.05) is 26.2 Å². The summed E-state index contributed by atoms with van der Waals surface area (Å²) in [5.74, 6) is 0.0132. The number of nitrogens with one attached hydrogen (secondary N) is 1. The zero-order chi connectivity index (χ0) is 11.3. The number of nitrogens with zero attached hydrogens (tertiary/aromatic N) is 1. The first-order valence-corrected chi connectivity index (χ1v) is 6.72. The number of nitrogens with two attached hydrogens (primary N) is 1. The van der Waals surface area contributed by atoms with Gasteiger partial charge in [0.1, 0.15) is 0 Å². The molecular formula is C8H19N3O3S. The molecule has 0 spiro atoms. The largest absolute Gasteiger partial charge is 0.374 e. The maximum absolute atomic E-state index is 10.8. The second kappa shape index (κ2) is 5.76. The van der Waals surface area contributed by atoms with Crippen molar-refractivity contribution in [2.24, 2.45) is 5.14 Å². The summed E-state index contributed by atoms with van der Waals surface area (Å²) in [6, 6.07) is 0. The first-order chi connectivity index (χ1) is 7.01. The van der Waals surface area contributed by atoms with Crippen molar-refractivity contribution < 1.29 is 13.2 Å². The molecule has 0 aliphatic carbocycles. The van der Waals surface area contributed by atoms with Gasteiger partial charge in [-0.1, -0.05) is 0 Å². The SMILES string of the molecule is CNCC1CN(CCS(N)(=O)=O)CCO1. The number of morpholine rings is 1. The average Bonchev–Trinajstić information content (AvgIpc) is 2.15. The van der Waals surface area contributed by atoms with Crippen LogP contribution in [0.3, 0.4) is 0 Å². The van der Waals surface area contributed by atoms with Crippen molar-refractivity contribution in [1.29, 1.82) is 0 Å². The summed E-state index contributed by atoms with van der Waals surface area (Å²) in [5, 5.41) is 7.98. The predicted octanol–water partition coefficient (Wildman–Crippen LogP) is -1.80. The Morgan fingerprint density at radius 1 is 1.60 bits per heavy atom. The molecule has 90 valence electrons. The Bertz CT molecular complexity index is 279. The van der Waals surface area contributed by atoms with Gasteiger partial charge in [-0.15, -0.1) is 0 Å². The van der Waals surface area contributed by atoms with Crippen molar-refractivity contribution in [2.75, 3.05) is 45.6 Å². The Hall–Kier alpha value is -0.210. The third kappa shape index (κ3) is 5.43. The molecule has 0 bridgehead atoms. The highest BCUT2D eigenvalue weighted by molar-refractivity contribution is 7.89. The van der Waals surface area contributed by atoms with Gasteiger partial charge in [0.05, 0.1) is 18.5 Å². The number of hydrogen-bond acceptors (Lipinski definition) is 5. The summed E-state index contributed by atoms with van der Waals surface area (Å²) in [6.07, 6.45) is 0.143. The van der Waals surface area contributed by atoms with Gasteiger partial charge < -0.3 is 10.1 Å². The van der Waals surface area contributed by atoms with Crippen LogP contribution in [0, 0.1) is 0 Å². The first-order valence-electron chi connectivity index (χ1n) is 5.00. The van der Waals surface area contributed by atoms with Crippen LogP contribution in [-0.2, 0) is 14.8 Å². The molecule has 0 aromatic carbocycles. The van der Waals surface area contributed by atoms with Gasteiger partial charge in [0.15, 0.2) is 0 Å². The van der Waals surface area contributed by atoms with Crippen LogP contribution in [0.25, 0.3) is 0 Å². The maximum Gasteiger partial charge on any atom is 0.210 e. The van der Waals surface area contributed by atoms with Crippen molar-refractivity contribution in [3.8, 4) is 0 Å². The van der Waals surface area contributed by atoms with Crippen LogP contribution in [0.5, 0.6) is 0 Å². The summed E-state index contributed by atoms with van der Waals surface area (Å²) in [4.78, 5) is 2.07. The highest BCUT2D eigenvalue weighted by Gasteiger charge is 2.20. The molecule has 3 N–H and O–H groups in total. The van der Waals surface area contributed by atoms with Crippen LogP contribution in [0.2, 0.25) is 0 Å². The molecule has 0 amide bonds. The van der Waals surface area contributed by atoms with Crippen LogP contribution in [0.4, 0.5) is 0 Å². The minimum absolute atomic E-state index is 0.0132. The standard InChI is InChI=1S/C8H19N3O3S/c1-10-6-8-7-11(2-4-14-8)3-5-15(9,12)13/h8,10H,2-7H2,1H3,(H2,9,12,13). The number of rotatable bonds is 5. The Labute approximate surface area is 90.8 Å². The fourth-order valence-electron chi connectivity index (χ4n) is 1.59. The lowest BCUT2D eigenvalue weighted by Crippen LogP contribution is -2.47. The van der Waals surface area contributed by atoms with Gasteiger partial charge in [0.25, 0.3) is 0 Å². The highest BCUT2D eigenvalue weighted by Crippen LogP contribution is 2.04. The number of ether oxygens (including phenoxy) is 1. The van der Waals surface area contributed by atoms with E-state index < -0.39 is 10.0 Å². The number of sulfonamides is 1. The van der Waals surface area contributed by atoms with E-state index in [1.807, 2.05) is 7.05 Å². The van der Waals surface area contributed by atoms with Crippen LogP contribution in [0.1, 0.15) is 0 Å². The Balaban J connectivity index is 2.30. The lowest BCUT2D eigenvalue weighted by atomic mass is 10.2. The van der Waals surface area contributed by atoms with E-state index in [1.165, 1.54) is 0 Å². The quantitative estimate of drug-likeness (QED) is 0.589. The Kier molecular flexibility index (Phi) is 4.94. The van der Waals surface area contributed by atoms with Crippen molar-refractivity contribution in [3.05, 3.63) is 0 Å². The molecule has 0 radical (unpaired) electrons. The molecule has 1 fully saturated rings. The summed E-state index contributed by atoms with van der Waals surface area (Å²) in [5.41, 5.74) is 0. The molecule has 1 rings (SSSR count). The van der Waals surface area contributed by atoms with Crippen LogP contribution >= 0.6 is 0 Å². The molecule has 7 heteroatoms. The summed E-state index contributed by atoms with van der Waals surface area (Å²) in [7, 11) is -1.48. The number of hydrogen-bond donors (Lipinski definition) is 2. The molecule has 1 atom stereocenters. The van der Waals surface area contributed by atoms with Crippen LogP contribution in [-0.4, -0.2) is 65.0 Å². The fraction of sp³-hybridized carbons (Fsp3) is 1.00. The third-order valence-corrected chi connectivity index (χ3v) is 3.10. The lowest BCUT2D eigenvalue weighted by Gasteiger charge is -2.32. The molecule has 1 aliphatic rings. The summed E-state index contributed by atoms with van der Waals surface area (Å²) < 4.78 is 27.1. The van der Waals surface area contributed by atoms with Crippen molar-refractivity contribution in [1.82, 2.24) is 10.2 Å². The number of primary sulfonamides is 1. The molecular weight excluding hydrogens is 218 g/mol. The van der Waals surface area contributed by atoms with Gasteiger partial charge in [-0.05, 0) is 7.05 Å². The molecule has 1 saturated heterocycles. The molecule has 0 aromatic rings. The maximum atomic E-state index is 10.8. The Morgan fingerprint density at radius 3 is 2.93 bits per heavy atom. The van der Waals surface area contributed by atoms with E-state index in [-0.39, 0.29) is 11.9 Å². The predicted molar refractivity (Wildman–Crippen MR) is 58.1 cm³/mol. The molecule has 6 nitrogen and oxygen atoms in total. The third-order valence-electron chi connectivity index (χ3n) is 2.35. The van der Waals surface area contributed by atoms with E-state index in [9.17, 15) is 8.42 Å². The van der Waals surface area contributed by atoms with E-state index in [0.717, 1.165) is 19.6 Å². The Morgan fingerprint density at radius 2 is 2.33 bits per heavy atom. The fourth-order valence-corrected chi connectivity index (χ4v) is 2.10. The van der Waals surface area contributed by atoms with Crippen LogP contribution in [0.15, 0.2) is 0 Å². The normalized spacial score (nSPS) is 24.3. The average molecular weight is 237 g/mol. The lowest BCUT2D eigenvalue weighted by molar-refractivity contribution is -0.0241. The second-order valence-electron chi connectivity index (χ2n) is 3.72. The van der Waals surface area contributed by atoms with E-state index >= 15 is 0 Å². The van der Waals surface area contributed by atoms with Crippen molar-refractivity contribution >= 4 is 10.0 Å². The zero-order valence-electron chi connectivity index (χ0n) is 8.98. The van der Waals surface area contributed by atoms with Gasteiger partial charge in [-0.25, -0.2) is 13.6 Å². The smallest absolute Gasteiger partial charge is 0.210 e. The molecule has 0 saturated carbocycles. The monoisotopic (exact) mass is 237 g/mol. The molecule has 1 aliphatic heterocycles.